The van der Waals surface area contributed by atoms with Crippen molar-refractivity contribution >= 4 is 27.5 Å². The molecule has 0 spiro atoms. The molecule has 0 aromatic heterocycles. The van der Waals surface area contributed by atoms with Crippen molar-refractivity contribution in [2.75, 3.05) is 19.9 Å². The summed E-state index contributed by atoms with van der Waals surface area (Å²) in [5.41, 5.74) is 0.466. The number of carbonyl (C=O) groups is 1. The standard InChI is InChI=1S/C22H25ClN2O7S/c23-15-2-5-17(6-3-15)33(28,29)25-18-7-4-16(32-21(18)12-26)9-10-24-22(27)14-1-8-19-20(11-14)31-13-30-19/h1-3,5-6,8,11,16,18,21,25-26H,4,7,9-10,12-13H2,(H,24,27)/t16-,18-,21+/m0/s1. The monoisotopic (exact) mass is 496 g/mol. The van der Waals surface area contributed by atoms with E-state index in [0.29, 0.717) is 47.9 Å². The summed E-state index contributed by atoms with van der Waals surface area (Å²) in [6.07, 6.45) is 0.720. The number of rotatable bonds is 8. The third kappa shape index (κ3) is 5.77. The van der Waals surface area contributed by atoms with Crippen LogP contribution >= 0.6 is 11.6 Å². The number of halogens is 1. The normalized spacial score (nSPS) is 22.2. The predicted molar refractivity (Wildman–Crippen MR) is 120 cm³/mol. The minimum Gasteiger partial charge on any atom is -0.454 e. The van der Waals surface area contributed by atoms with Crippen molar-refractivity contribution in [3.63, 3.8) is 0 Å². The van der Waals surface area contributed by atoms with Crippen molar-refractivity contribution in [2.45, 2.75) is 42.4 Å². The second-order valence-electron chi connectivity index (χ2n) is 7.85. The van der Waals surface area contributed by atoms with Gasteiger partial charge >= 0.3 is 0 Å². The molecule has 0 unspecified atom stereocenters. The highest BCUT2D eigenvalue weighted by molar-refractivity contribution is 7.89. The summed E-state index contributed by atoms with van der Waals surface area (Å²) in [5.74, 6) is 0.908. The fourth-order valence-corrected chi connectivity index (χ4v) is 5.27. The minimum atomic E-state index is -3.78. The number of hydrogen-bond acceptors (Lipinski definition) is 7. The Labute approximate surface area is 197 Å². The molecule has 0 radical (unpaired) electrons. The van der Waals surface area contributed by atoms with Gasteiger partial charge in [-0.05, 0) is 61.7 Å². The van der Waals surface area contributed by atoms with Gasteiger partial charge in [-0.15, -0.1) is 0 Å². The topological polar surface area (TPSA) is 123 Å². The van der Waals surface area contributed by atoms with E-state index in [2.05, 4.69) is 10.0 Å². The number of amides is 1. The van der Waals surface area contributed by atoms with Gasteiger partial charge in [-0.1, -0.05) is 11.6 Å². The number of fused-ring (bicyclic) bond motifs is 1. The lowest BCUT2D eigenvalue weighted by atomic mass is 9.98. The number of benzene rings is 2. The van der Waals surface area contributed by atoms with Gasteiger partial charge in [0.1, 0.15) is 0 Å². The third-order valence-electron chi connectivity index (χ3n) is 5.61. The molecule has 2 aromatic rings. The molecular formula is C22H25ClN2O7S. The maximum Gasteiger partial charge on any atom is 0.251 e. The van der Waals surface area contributed by atoms with E-state index in [-0.39, 0.29) is 30.3 Å². The van der Waals surface area contributed by atoms with Crippen LogP contribution in [0.15, 0.2) is 47.4 Å². The molecule has 0 bridgehead atoms. The van der Waals surface area contributed by atoms with Gasteiger partial charge in [-0.2, -0.15) is 0 Å². The lowest BCUT2D eigenvalue weighted by Gasteiger charge is -2.36. The van der Waals surface area contributed by atoms with Gasteiger partial charge in [0, 0.05) is 17.1 Å². The highest BCUT2D eigenvalue weighted by Crippen LogP contribution is 2.32. The van der Waals surface area contributed by atoms with E-state index in [1.54, 1.807) is 18.2 Å². The second-order valence-corrected chi connectivity index (χ2v) is 10.0. The smallest absolute Gasteiger partial charge is 0.251 e. The van der Waals surface area contributed by atoms with Gasteiger partial charge < -0.3 is 24.6 Å². The Bertz CT molecular complexity index is 1090. The van der Waals surface area contributed by atoms with Crippen LogP contribution in [-0.4, -0.2) is 57.6 Å². The molecule has 2 heterocycles. The van der Waals surface area contributed by atoms with Crippen molar-refractivity contribution in [3.8, 4) is 11.5 Å². The number of hydrogen-bond donors (Lipinski definition) is 3. The van der Waals surface area contributed by atoms with Crippen molar-refractivity contribution in [1.29, 1.82) is 0 Å². The molecule has 3 atom stereocenters. The maximum atomic E-state index is 12.7. The minimum absolute atomic E-state index is 0.0944. The van der Waals surface area contributed by atoms with E-state index in [4.69, 9.17) is 25.8 Å². The Balaban J connectivity index is 1.27. The summed E-state index contributed by atoms with van der Waals surface area (Å²) >= 11 is 5.83. The van der Waals surface area contributed by atoms with E-state index in [1.807, 2.05) is 0 Å². The third-order valence-corrected chi connectivity index (χ3v) is 7.37. The Kier molecular flexibility index (Phi) is 7.40. The average molecular weight is 497 g/mol. The molecular weight excluding hydrogens is 472 g/mol. The number of carbonyl (C=O) groups excluding carboxylic acids is 1. The van der Waals surface area contributed by atoms with Crippen molar-refractivity contribution in [3.05, 3.63) is 53.1 Å². The molecule has 33 heavy (non-hydrogen) atoms. The lowest BCUT2D eigenvalue weighted by molar-refractivity contribution is -0.0871. The molecule has 9 nitrogen and oxygen atoms in total. The largest absolute Gasteiger partial charge is 0.454 e. The maximum absolute atomic E-state index is 12.7. The van der Waals surface area contributed by atoms with E-state index < -0.39 is 22.2 Å². The molecule has 0 aliphatic carbocycles. The average Bonchev–Trinajstić information content (AvgIpc) is 3.28. The van der Waals surface area contributed by atoms with Gasteiger partial charge in [0.25, 0.3) is 5.91 Å². The highest BCUT2D eigenvalue weighted by Gasteiger charge is 2.34. The van der Waals surface area contributed by atoms with E-state index in [1.165, 1.54) is 24.3 Å². The van der Waals surface area contributed by atoms with Crippen molar-refractivity contribution < 1.29 is 32.5 Å². The molecule has 2 aromatic carbocycles. The van der Waals surface area contributed by atoms with E-state index in [0.717, 1.165) is 0 Å². The number of aliphatic hydroxyl groups excluding tert-OH is 1. The summed E-state index contributed by atoms with van der Waals surface area (Å²) < 4.78 is 44.4. The van der Waals surface area contributed by atoms with E-state index >= 15 is 0 Å². The molecule has 1 fully saturated rings. The molecule has 4 rings (SSSR count). The summed E-state index contributed by atoms with van der Waals surface area (Å²) in [4.78, 5) is 12.5. The van der Waals surface area contributed by atoms with Gasteiger partial charge in [0.2, 0.25) is 16.8 Å². The zero-order valence-electron chi connectivity index (χ0n) is 17.7. The first-order valence-corrected chi connectivity index (χ1v) is 12.4. The molecule has 2 aliphatic heterocycles. The van der Waals surface area contributed by atoms with E-state index in [9.17, 15) is 18.3 Å². The van der Waals surface area contributed by atoms with Crippen LogP contribution in [0, 0.1) is 0 Å². The molecule has 3 N–H and O–H groups in total. The Morgan fingerprint density at radius 3 is 2.61 bits per heavy atom. The molecule has 11 heteroatoms. The predicted octanol–water partition coefficient (Wildman–Crippen LogP) is 2.08. The number of sulfonamides is 1. The zero-order valence-corrected chi connectivity index (χ0v) is 19.3. The van der Waals surface area contributed by atoms with Crippen molar-refractivity contribution in [2.24, 2.45) is 0 Å². The lowest BCUT2D eigenvalue weighted by Crippen LogP contribution is -2.51. The first-order chi connectivity index (χ1) is 15.9. The van der Waals surface area contributed by atoms with Crippen LogP contribution in [0.25, 0.3) is 0 Å². The Morgan fingerprint density at radius 1 is 1.09 bits per heavy atom. The summed E-state index contributed by atoms with van der Waals surface area (Å²) in [6, 6.07) is 10.3. The summed E-state index contributed by atoms with van der Waals surface area (Å²) in [5, 5.41) is 13.0. The van der Waals surface area contributed by atoms with Gasteiger partial charge in [0.15, 0.2) is 11.5 Å². The van der Waals surface area contributed by atoms with Crippen molar-refractivity contribution in [1.82, 2.24) is 10.0 Å². The van der Waals surface area contributed by atoms with Gasteiger partial charge in [0.05, 0.1) is 29.8 Å². The fourth-order valence-electron chi connectivity index (χ4n) is 3.85. The quantitative estimate of drug-likeness (QED) is 0.511. The van der Waals surface area contributed by atoms with Crippen LogP contribution in [0.3, 0.4) is 0 Å². The fraction of sp³-hybridized carbons (Fsp3) is 0.409. The highest BCUT2D eigenvalue weighted by atomic mass is 35.5. The number of ether oxygens (including phenoxy) is 3. The van der Waals surface area contributed by atoms with Crippen LogP contribution < -0.4 is 19.5 Å². The number of aliphatic hydroxyl groups is 1. The Hall–Kier alpha value is -2.37. The van der Waals surface area contributed by atoms with Crippen LogP contribution in [0.1, 0.15) is 29.6 Å². The molecule has 0 saturated carbocycles. The summed E-state index contributed by atoms with van der Waals surface area (Å²) in [6.45, 7) is 0.188. The molecule has 178 valence electrons. The molecule has 1 amide bonds. The zero-order chi connectivity index (χ0) is 23.4. The SMILES string of the molecule is O=C(NCC[C@@H]1CC[C@H](NS(=O)(=O)c2ccc(Cl)cc2)[C@@H](CO)O1)c1ccc2c(c1)OCO2. The first kappa shape index (κ1) is 23.8. The summed E-state index contributed by atoms with van der Waals surface area (Å²) in [7, 11) is -3.78. The van der Waals surface area contributed by atoms with Crippen LogP contribution in [-0.2, 0) is 14.8 Å². The van der Waals surface area contributed by atoms with Crippen LogP contribution in [0.4, 0.5) is 0 Å². The molecule has 2 aliphatic rings. The van der Waals surface area contributed by atoms with Gasteiger partial charge in [-0.3, -0.25) is 4.79 Å². The second kappa shape index (κ2) is 10.3. The van der Waals surface area contributed by atoms with Crippen LogP contribution in [0.2, 0.25) is 5.02 Å². The molecule has 1 saturated heterocycles. The van der Waals surface area contributed by atoms with Gasteiger partial charge in [-0.25, -0.2) is 13.1 Å². The Morgan fingerprint density at radius 2 is 1.85 bits per heavy atom. The first-order valence-electron chi connectivity index (χ1n) is 10.6. The van der Waals surface area contributed by atoms with Crippen LogP contribution in [0.5, 0.6) is 11.5 Å². The number of nitrogens with one attached hydrogen (secondary N) is 2.